The van der Waals surface area contributed by atoms with E-state index in [-0.39, 0.29) is 5.56 Å². The lowest BCUT2D eigenvalue weighted by Crippen LogP contribution is -2.25. The van der Waals surface area contributed by atoms with Crippen LogP contribution >= 0.6 is 0 Å². The van der Waals surface area contributed by atoms with Crippen LogP contribution in [0.3, 0.4) is 0 Å². The van der Waals surface area contributed by atoms with Gasteiger partial charge in [0.05, 0.1) is 10.5 Å². The van der Waals surface area contributed by atoms with Crippen LogP contribution in [0.1, 0.15) is 16.8 Å². The summed E-state index contributed by atoms with van der Waals surface area (Å²) in [5.74, 6) is 0. The molecule has 2 rings (SSSR count). The molecule has 0 bridgehead atoms. The van der Waals surface area contributed by atoms with Crippen molar-refractivity contribution in [1.82, 2.24) is 9.97 Å². The highest BCUT2D eigenvalue weighted by Gasteiger charge is 2.32. The molecule has 0 aliphatic carbocycles. The summed E-state index contributed by atoms with van der Waals surface area (Å²) >= 11 is 0. The number of halogens is 3. The zero-order valence-corrected chi connectivity index (χ0v) is 11.2. The molecule has 0 unspecified atom stereocenters. The molecule has 0 aliphatic heterocycles. The van der Waals surface area contributed by atoms with E-state index in [0.717, 1.165) is 24.3 Å². The minimum absolute atomic E-state index is 0.268. The lowest BCUT2D eigenvalue weighted by atomic mass is 10.1. The minimum atomic E-state index is -4.62. The number of nitrogens with one attached hydrogen (secondary N) is 2. The summed E-state index contributed by atoms with van der Waals surface area (Å²) in [6.45, 7) is 0. The molecule has 23 heavy (non-hydrogen) atoms. The number of aromatic amines is 2. The molecule has 10 heteroatoms. The van der Waals surface area contributed by atoms with Gasteiger partial charge in [0.2, 0.25) is 0 Å². The van der Waals surface area contributed by atoms with Gasteiger partial charge < -0.3 is 4.98 Å². The molecule has 2 aromatic rings. The van der Waals surface area contributed by atoms with Gasteiger partial charge in [-0.2, -0.15) is 13.2 Å². The third kappa shape index (κ3) is 3.54. The Morgan fingerprint density at radius 1 is 1.09 bits per heavy atom. The number of rotatable bonds is 3. The summed E-state index contributed by atoms with van der Waals surface area (Å²) in [5, 5.41) is 10.8. The Hall–Kier alpha value is -3.17. The molecule has 0 aliphatic rings. The highest BCUT2D eigenvalue weighted by molar-refractivity contribution is 5.73. The van der Waals surface area contributed by atoms with Crippen molar-refractivity contribution in [3.63, 3.8) is 0 Å². The fourth-order valence-corrected chi connectivity index (χ4v) is 1.87. The number of H-pyrrole nitrogens is 2. The molecule has 0 radical (unpaired) electrons. The Morgan fingerprint density at radius 3 is 2.35 bits per heavy atom. The molecule has 0 saturated heterocycles. The zero-order chi connectivity index (χ0) is 17.2. The second-order valence-corrected chi connectivity index (χ2v) is 4.35. The first-order chi connectivity index (χ1) is 10.7. The van der Waals surface area contributed by atoms with Gasteiger partial charge in [0.1, 0.15) is 5.69 Å². The van der Waals surface area contributed by atoms with E-state index in [2.05, 4.69) is 0 Å². The molecule has 120 valence electrons. The van der Waals surface area contributed by atoms with Crippen LogP contribution in [0.2, 0.25) is 0 Å². The summed E-state index contributed by atoms with van der Waals surface area (Å²) in [6, 6.07) is 4.53. The van der Waals surface area contributed by atoms with E-state index in [4.69, 9.17) is 0 Å². The normalized spacial score (nSPS) is 11.8. The molecule has 1 heterocycles. The van der Waals surface area contributed by atoms with E-state index < -0.39 is 39.3 Å². The maximum Gasteiger partial charge on any atom is 0.416 e. The lowest BCUT2D eigenvalue weighted by Gasteiger charge is -2.09. The van der Waals surface area contributed by atoms with Crippen molar-refractivity contribution in [2.24, 2.45) is 0 Å². The summed E-state index contributed by atoms with van der Waals surface area (Å²) < 4.78 is 38.6. The summed E-state index contributed by atoms with van der Waals surface area (Å²) in [7, 11) is 0. The molecule has 7 nitrogen and oxygen atoms in total. The van der Waals surface area contributed by atoms with Crippen molar-refractivity contribution in [3.05, 3.63) is 72.0 Å². The highest BCUT2D eigenvalue weighted by Crippen LogP contribution is 2.32. The highest BCUT2D eigenvalue weighted by atomic mass is 19.4. The average molecular weight is 327 g/mol. The SMILES string of the molecule is O=c1[nH]c(/C=C/c2ccccc2C(F)(F)F)c([N+](=O)[O-])c(=O)[nH]1. The lowest BCUT2D eigenvalue weighted by molar-refractivity contribution is -0.386. The second kappa shape index (κ2) is 5.91. The van der Waals surface area contributed by atoms with Gasteiger partial charge in [-0.1, -0.05) is 24.3 Å². The topological polar surface area (TPSA) is 109 Å². The Labute approximate surface area is 125 Å². The van der Waals surface area contributed by atoms with Crippen LogP contribution in [0.4, 0.5) is 18.9 Å². The van der Waals surface area contributed by atoms with Gasteiger partial charge >= 0.3 is 23.1 Å². The zero-order valence-electron chi connectivity index (χ0n) is 11.2. The predicted molar refractivity (Wildman–Crippen MR) is 74.7 cm³/mol. The quantitative estimate of drug-likeness (QED) is 0.665. The van der Waals surface area contributed by atoms with Crippen LogP contribution in [0.5, 0.6) is 0 Å². The van der Waals surface area contributed by atoms with E-state index in [1.54, 1.807) is 4.98 Å². The van der Waals surface area contributed by atoms with Gasteiger partial charge in [-0.3, -0.25) is 19.9 Å². The molecule has 0 atom stereocenters. The predicted octanol–water partition coefficient (Wildman–Crippen LogP) is 2.16. The monoisotopic (exact) mass is 327 g/mol. The van der Waals surface area contributed by atoms with Crippen molar-refractivity contribution in [2.75, 3.05) is 0 Å². The summed E-state index contributed by atoms with van der Waals surface area (Å²) in [6.07, 6.45) is -2.81. The molecule has 2 N–H and O–H groups in total. The van der Waals surface area contributed by atoms with E-state index in [9.17, 15) is 32.9 Å². The average Bonchev–Trinajstić information content (AvgIpc) is 2.43. The number of benzene rings is 1. The van der Waals surface area contributed by atoms with Crippen molar-refractivity contribution in [3.8, 4) is 0 Å². The maximum absolute atomic E-state index is 12.9. The van der Waals surface area contributed by atoms with Gasteiger partial charge in [0.25, 0.3) is 0 Å². The maximum atomic E-state index is 12.9. The van der Waals surface area contributed by atoms with Crippen LogP contribution in [0, 0.1) is 10.1 Å². The standard InChI is InChI=1S/C13H8F3N3O4/c14-13(15,16)8-4-2-1-3-7(8)5-6-9-10(19(22)23)11(20)18-12(21)17-9/h1-6H,(H2,17,18,20,21)/b6-5+. The molecule has 0 spiro atoms. The van der Waals surface area contributed by atoms with Crippen molar-refractivity contribution in [1.29, 1.82) is 0 Å². The molecular formula is C13H8F3N3O4. The van der Waals surface area contributed by atoms with E-state index in [0.29, 0.717) is 0 Å². The van der Waals surface area contributed by atoms with E-state index in [1.807, 2.05) is 4.98 Å². The summed E-state index contributed by atoms with van der Waals surface area (Å²) in [5.41, 5.74) is -4.94. The van der Waals surface area contributed by atoms with Crippen LogP contribution in [-0.4, -0.2) is 14.9 Å². The number of aromatic nitrogens is 2. The Bertz CT molecular complexity index is 896. The number of hydrogen-bond acceptors (Lipinski definition) is 4. The van der Waals surface area contributed by atoms with Crippen LogP contribution in [0.15, 0.2) is 33.9 Å². The van der Waals surface area contributed by atoms with Crippen molar-refractivity contribution >= 4 is 17.8 Å². The smallest absolute Gasteiger partial charge is 0.301 e. The van der Waals surface area contributed by atoms with Gasteiger partial charge in [-0.15, -0.1) is 0 Å². The first-order valence-corrected chi connectivity index (χ1v) is 6.05. The Morgan fingerprint density at radius 2 is 1.74 bits per heavy atom. The van der Waals surface area contributed by atoms with Crippen LogP contribution in [0.25, 0.3) is 12.2 Å². The number of alkyl halides is 3. The van der Waals surface area contributed by atoms with E-state index in [1.165, 1.54) is 12.1 Å². The molecular weight excluding hydrogens is 319 g/mol. The summed E-state index contributed by atoms with van der Waals surface area (Å²) in [4.78, 5) is 36.1. The number of nitro groups is 1. The fourth-order valence-electron chi connectivity index (χ4n) is 1.87. The number of nitrogens with zero attached hydrogens (tertiary/aromatic N) is 1. The molecule has 0 amide bonds. The molecule has 0 fully saturated rings. The third-order valence-corrected chi connectivity index (χ3v) is 2.82. The molecule has 1 aromatic carbocycles. The van der Waals surface area contributed by atoms with Gasteiger partial charge in [0, 0.05) is 0 Å². The minimum Gasteiger partial charge on any atom is -0.301 e. The molecule has 0 saturated carbocycles. The van der Waals surface area contributed by atoms with Crippen LogP contribution in [-0.2, 0) is 6.18 Å². The van der Waals surface area contributed by atoms with Gasteiger partial charge in [-0.05, 0) is 17.7 Å². The van der Waals surface area contributed by atoms with Gasteiger partial charge in [-0.25, -0.2) is 4.79 Å². The van der Waals surface area contributed by atoms with Crippen LogP contribution < -0.4 is 11.2 Å². The largest absolute Gasteiger partial charge is 0.416 e. The van der Waals surface area contributed by atoms with Crippen molar-refractivity contribution in [2.45, 2.75) is 6.18 Å². The first-order valence-electron chi connectivity index (χ1n) is 6.05. The second-order valence-electron chi connectivity index (χ2n) is 4.35. The first kappa shape index (κ1) is 16.2. The van der Waals surface area contributed by atoms with E-state index >= 15 is 0 Å². The third-order valence-electron chi connectivity index (χ3n) is 2.82. The Balaban J connectivity index is 2.57. The fraction of sp³-hybridized carbons (Fsp3) is 0.0769. The van der Waals surface area contributed by atoms with Crippen molar-refractivity contribution < 1.29 is 18.1 Å². The number of hydrogen-bond donors (Lipinski definition) is 2. The van der Waals surface area contributed by atoms with Gasteiger partial charge in [0.15, 0.2) is 0 Å². The molecule has 1 aromatic heterocycles. The Kier molecular flexibility index (Phi) is 4.16.